The summed E-state index contributed by atoms with van der Waals surface area (Å²) in [5.41, 5.74) is 0.200. The zero-order chi connectivity index (χ0) is 12.3. The molecule has 0 aliphatic rings. The van der Waals surface area contributed by atoms with E-state index in [4.69, 9.17) is 4.74 Å². The average Bonchev–Trinajstić information content (AvgIpc) is 2.14. The topological polar surface area (TPSA) is 48.4 Å². The molecule has 7 heteroatoms. The number of rotatable bonds is 3. The molecule has 4 nitrogen and oxygen atoms in total. The fraction of sp³-hybridized carbons (Fsp3) is 0.333. The third kappa shape index (κ3) is 2.85. The van der Waals surface area contributed by atoms with Crippen molar-refractivity contribution in [1.29, 1.82) is 0 Å². The first-order valence-corrected chi connectivity index (χ1v) is 4.14. The largest absolute Gasteiger partial charge is 0.574 e. The number of aromatic nitrogens is 1. The third-order valence-electron chi connectivity index (χ3n) is 1.75. The molecule has 16 heavy (non-hydrogen) atoms. The minimum Gasteiger partial charge on any atom is -0.496 e. The summed E-state index contributed by atoms with van der Waals surface area (Å²) in [7, 11) is 1.24. The molecule has 0 fully saturated rings. The Kier molecular flexibility index (Phi) is 3.36. The number of alkyl halides is 3. The van der Waals surface area contributed by atoms with Crippen molar-refractivity contribution in [3.63, 3.8) is 0 Å². The number of pyridine rings is 1. The molecule has 0 aliphatic carbocycles. The number of halogens is 3. The van der Waals surface area contributed by atoms with Gasteiger partial charge in [0.1, 0.15) is 5.75 Å². The second-order valence-corrected chi connectivity index (χ2v) is 2.83. The lowest BCUT2D eigenvalue weighted by molar-refractivity contribution is -0.276. The van der Waals surface area contributed by atoms with Gasteiger partial charge in [-0.2, -0.15) is 0 Å². The number of methoxy groups -OCH3 is 1. The molecule has 1 rings (SSSR count). The Hall–Kier alpha value is -1.79. The van der Waals surface area contributed by atoms with E-state index >= 15 is 0 Å². The Balaban J connectivity index is 3.15. The fourth-order valence-electron chi connectivity index (χ4n) is 1.11. The van der Waals surface area contributed by atoms with Crippen LogP contribution in [-0.4, -0.2) is 24.7 Å². The van der Waals surface area contributed by atoms with Crippen molar-refractivity contribution < 1.29 is 27.4 Å². The quantitative estimate of drug-likeness (QED) is 0.753. The van der Waals surface area contributed by atoms with Gasteiger partial charge in [-0.05, 0) is 6.92 Å². The van der Waals surface area contributed by atoms with E-state index in [2.05, 4.69) is 9.72 Å². The van der Waals surface area contributed by atoms with Crippen LogP contribution in [-0.2, 0) is 0 Å². The molecule has 0 aliphatic heterocycles. The van der Waals surface area contributed by atoms with Gasteiger partial charge in [0.05, 0.1) is 18.4 Å². The number of aldehydes is 1. The molecule has 0 aromatic carbocycles. The molecule has 0 saturated heterocycles. The van der Waals surface area contributed by atoms with Crippen LogP contribution < -0.4 is 9.47 Å². The third-order valence-corrected chi connectivity index (χ3v) is 1.75. The molecular formula is C9H8F3NO3. The van der Waals surface area contributed by atoms with Gasteiger partial charge in [0, 0.05) is 6.07 Å². The fourth-order valence-corrected chi connectivity index (χ4v) is 1.11. The predicted molar refractivity (Wildman–Crippen MR) is 47.6 cm³/mol. The summed E-state index contributed by atoms with van der Waals surface area (Å²) in [6, 6.07) is 0.907. The first-order chi connectivity index (χ1) is 7.37. The number of hydrogen-bond acceptors (Lipinski definition) is 4. The highest BCUT2D eigenvalue weighted by Crippen LogP contribution is 2.27. The Morgan fingerprint density at radius 2 is 2.06 bits per heavy atom. The highest BCUT2D eigenvalue weighted by molar-refractivity contribution is 5.81. The van der Waals surface area contributed by atoms with Gasteiger partial charge in [-0.3, -0.25) is 4.79 Å². The number of ether oxygens (including phenoxy) is 2. The molecule has 1 heterocycles. The van der Waals surface area contributed by atoms with Crippen molar-refractivity contribution in [2.75, 3.05) is 7.11 Å². The summed E-state index contributed by atoms with van der Waals surface area (Å²) in [6.07, 6.45) is -4.37. The minimum atomic E-state index is -4.83. The maximum absolute atomic E-state index is 11.9. The smallest absolute Gasteiger partial charge is 0.496 e. The molecular weight excluding hydrogens is 227 g/mol. The molecule has 0 N–H and O–H groups in total. The first-order valence-electron chi connectivity index (χ1n) is 4.14. The molecule has 0 unspecified atom stereocenters. The number of hydrogen-bond donors (Lipinski definition) is 0. The van der Waals surface area contributed by atoms with E-state index in [1.54, 1.807) is 0 Å². The van der Waals surface area contributed by atoms with Gasteiger partial charge < -0.3 is 9.47 Å². The maximum Gasteiger partial charge on any atom is 0.574 e. The molecule has 0 atom stereocenters. The van der Waals surface area contributed by atoms with Crippen molar-refractivity contribution in [3.8, 4) is 11.6 Å². The number of carbonyl (C=O) groups is 1. The molecule has 0 saturated carbocycles. The standard InChI is InChI=1S/C9H8F3NO3/c1-5-6(4-14)7(15-2)3-8(13-5)16-9(10,11)12/h3-4H,1-2H3. The summed E-state index contributed by atoms with van der Waals surface area (Å²) in [5, 5.41) is 0. The van der Waals surface area contributed by atoms with Crippen LogP contribution in [0.4, 0.5) is 13.2 Å². The van der Waals surface area contributed by atoms with Crippen LogP contribution in [0.3, 0.4) is 0 Å². The van der Waals surface area contributed by atoms with Crippen LogP contribution in [0.1, 0.15) is 16.1 Å². The van der Waals surface area contributed by atoms with E-state index in [1.165, 1.54) is 14.0 Å². The number of aryl methyl sites for hydroxylation is 1. The summed E-state index contributed by atoms with van der Waals surface area (Å²) in [5.74, 6) is -0.672. The highest BCUT2D eigenvalue weighted by atomic mass is 19.4. The Morgan fingerprint density at radius 1 is 1.44 bits per heavy atom. The van der Waals surface area contributed by atoms with E-state index in [0.29, 0.717) is 6.29 Å². The van der Waals surface area contributed by atoms with Crippen molar-refractivity contribution in [2.45, 2.75) is 13.3 Å². The molecule has 88 valence electrons. The second kappa shape index (κ2) is 4.38. The van der Waals surface area contributed by atoms with Crippen molar-refractivity contribution in [1.82, 2.24) is 4.98 Å². The summed E-state index contributed by atoms with van der Waals surface area (Å²) in [6.45, 7) is 1.38. The lowest BCUT2D eigenvalue weighted by atomic mass is 10.2. The van der Waals surface area contributed by atoms with Gasteiger partial charge in [0.15, 0.2) is 6.29 Å². The summed E-state index contributed by atoms with van der Waals surface area (Å²) >= 11 is 0. The molecule has 0 amide bonds. The monoisotopic (exact) mass is 235 g/mol. The predicted octanol–water partition coefficient (Wildman–Crippen LogP) is 2.11. The van der Waals surface area contributed by atoms with Crippen molar-refractivity contribution in [2.24, 2.45) is 0 Å². The van der Waals surface area contributed by atoms with Crippen molar-refractivity contribution >= 4 is 6.29 Å². The van der Waals surface area contributed by atoms with E-state index in [1.807, 2.05) is 0 Å². The zero-order valence-corrected chi connectivity index (χ0v) is 8.46. The van der Waals surface area contributed by atoms with Gasteiger partial charge in [0.25, 0.3) is 0 Å². The van der Waals surface area contributed by atoms with Crippen LogP contribution in [0.5, 0.6) is 11.6 Å². The zero-order valence-electron chi connectivity index (χ0n) is 8.46. The number of nitrogens with zero attached hydrogens (tertiary/aromatic N) is 1. The molecule has 0 radical (unpaired) electrons. The minimum absolute atomic E-state index is 0.0123. The van der Waals surface area contributed by atoms with E-state index in [-0.39, 0.29) is 17.0 Å². The van der Waals surface area contributed by atoms with E-state index < -0.39 is 12.2 Å². The SMILES string of the molecule is COc1cc(OC(F)(F)F)nc(C)c1C=O. The van der Waals surface area contributed by atoms with E-state index in [9.17, 15) is 18.0 Å². The summed E-state index contributed by atoms with van der Waals surface area (Å²) in [4.78, 5) is 14.1. The van der Waals surface area contributed by atoms with Crippen molar-refractivity contribution in [3.05, 3.63) is 17.3 Å². The molecule has 1 aromatic rings. The first kappa shape index (κ1) is 12.3. The van der Waals surface area contributed by atoms with Gasteiger partial charge in [0.2, 0.25) is 5.88 Å². The molecule has 0 spiro atoms. The molecule has 1 aromatic heterocycles. The van der Waals surface area contributed by atoms with Gasteiger partial charge in [-0.15, -0.1) is 13.2 Å². The Bertz CT molecular complexity index is 404. The average molecular weight is 235 g/mol. The lowest BCUT2D eigenvalue weighted by Crippen LogP contribution is -2.18. The lowest BCUT2D eigenvalue weighted by Gasteiger charge is -2.11. The van der Waals surface area contributed by atoms with Crippen LogP contribution in [0, 0.1) is 6.92 Å². The van der Waals surface area contributed by atoms with Crippen LogP contribution in [0.2, 0.25) is 0 Å². The van der Waals surface area contributed by atoms with Gasteiger partial charge in [-0.25, -0.2) is 4.98 Å². The Labute approximate surface area is 89.0 Å². The van der Waals surface area contributed by atoms with Crippen LogP contribution in [0.25, 0.3) is 0 Å². The number of carbonyl (C=O) groups excluding carboxylic acids is 1. The second-order valence-electron chi connectivity index (χ2n) is 2.83. The maximum atomic E-state index is 11.9. The van der Waals surface area contributed by atoms with Gasteiger partial charge >= 0.3 is 6.36 Å². The molecule has 0 bridgehead atoms. The van der Waals surface area contributed by atoms with Crippen LogP contribution in [0.15, 0.2) is 6.07 Å². The van der Waals surface area contributed by atoms with E-state index in [0.717, 1.165) is 6.07 Å². The normalized spacial score (nSPS) is 11.1. The highest BCUT2D eigenvalue weighted by Gasteiger charge is 2.32. The van der Waals surface area contributed by atoms with Gasteiger partial charge in [-0.1, -0.05) is 0 Å². The van der Waals surface area contributed by atoms with Crippen LogP contribution >= 0.6 is 0 Å². The summed E-state index contributed by atoms with van der Waals surface area (Å²) < 4.78 is 44.1. The Morgan fingerprint density at radius 3 is 2.50 bits per heavy atom.